The van der Waals surface area contributed by atoms with E-state index in [1.54, 1.807) is 30.3 Å². The first-order chi connectivity index (χ1) is 12.2. The zero-order chi connectivity index (χ0) is 17.2. The Kier molecular flexibility index (Phi) is 4.03. The third kappa shape index (κ3) is 3.16. The Bertz CT molecular complexity index is 939. The number of hydrogen-bond donors (Lipinski definition) is 2. The fourth-order valence-corrected chi connectivity index (χ4v) is 2.80. The number of anilines is 1. The predicted octanol–water partition coefficient (Wildman–Crippen LogP) is 3.75. The number of fused-ring (bicyclic) bond motifs is 1. The van der Waals surface area contributed by atoms with Crippen molar-refractivity contribution >= 4 is 23.2 Å². The average Bonchev–Trinajstić information content (AvgIpc) is 3.12. The molecule has 1 aliphatic heterocycles. The van der Waals surface area contributed by atoms with Gasteiger partial charge >= 0.3 is 0 Å². The van der Waals surface area contributed by atoms with Crippen LogP contribution in [0.15, 0.2) is 48.5 Å². The summed E-state index contributed by atoms with van der Waals surface area (Å²) in [6.07, 6.45) is 0. The summed E-state index contributed by atoms with van der Waals surface area (Å²) in [5, 5.41) is 10.3. The highest BCUT2D eigenvalue weighted by Crippen LogP contribution is 2.33. The SMILES string of the molecule is O=C(Nc1ccc2c(c1)OCCO2)c1cc(-c2ccccc2Cl)n[nH]1. The zero-order valence-electron chi connectivity index (χ0n) is 13.1. The van der Waals surface area contributed by atoms with Crippen molar-refractivity contribution in [1.29, 1.82) is 0 Å². The van der Waals surface area contributed by atoms with E-state index in [4.69, 9.17) is 21.1 Å². The number of carbonyl (C=O) groups is 1. The van der Waals surface area contributed by atoms with Gasteiger partial charge in [0.1, 0.15) is 18.9 Å². The van der Waals surface area contributed by atoms with E-state index in [0.29, 0.717) is 46.8 Å². The van der Waals surface area contributed by atoms with Crippen molar-refractivity contribution < 1.29 is 14.3 Å². The van der Waals surface area contributed by atoms with E-state index in [1.165, 1.54) is 0 Å². The first kappa shape index (κ1) is 15.5. The maximum Gasteiger partial charge on any atom is 0.273 e. The number of hydrogen-bond acceptors (Lipinski definition) is 4. The van der Waals surface area contributed by atoms with Crippen LogP contribution in [-0.4, -0.2) is 29.3 Å². The number of nitrogens with zero attached hydrogens (tertiary/aromatic N) is 1. The van der Waals surface area contributed by atoms with Gasteiger partial charge in [0.05, 0.1) is 10.7 Å². The summed E-state index contributed by atoms with van der Waals surface area (Å²) in [7, 11) is 0. The molecule has 0 fully saturated rings. The van der Waals surface area contributed by atoms with Crippen LogP contribution < -0.4 is 14.8 Å². The van der Waals surface area contributed by atoms with Gasteiger partial charge in [-0.25, -0.2) is 0 Å². The third-order valence-electron chi connectivity index (χ3n) is 3.77. The Morgan fingerprint density at radius 2 is 1.88 bits per heavy atom. The molecule has 0 bridgehead atoms. The van der Waals surface area contributed by atoms with Crippen molar-refractivity contribution in [3.05, 3.63) is 59.2 Å². The van der Waals surface area contributed by atoms with E-state index in [-0.39, 0.29) is 5.91 Å². The van der Waals surface area contributed by atoms with Crippen molar-refractivity contribution in [2.45, 2.75) is 0 Å². The number of benzene rings is 2. The quantitative estimate of drug-likeness (QED) is 0.750. The topological polar surface area (TPSA) is 76.2 Å². The van der Waals surface area contributed by atoms with Gasteiger partial charge < -0.3 is 14.8 Å². The van der Waals surface area contributed by atoms with Crippen LogP contribution in [0.5, 0.6) is 11.5 Å². The van der Waals surface area contributed by atoms with Gasteiger partial charge in [0.15, 0.2) is 11.5 Å². The van der Waals surface area contributed by atoms with Crippen molar-refractivity contribution in [1.82, 2.24) is 10.2 Å². The van der Waals surface area contributed by atoms with Crippen LogP contribution >= 0.6 is 11.6 Å². The summed E-state index contributed by atoms with van der Waals surface area (Å²) in [6, 6.07) is 14.3. The minimum atomic E-state index is -0.303. The number of aromatic amines is 1. The molecule has 2 aromatic carbocycles. The van der Waals surface area contributed by atoms with Crippen LogP contribution in [0.4, 0.5) is 5.69 Å². The maximum absolute atomic E-state index is 12.4. The predicted molar refractivity (Wildman–Crippen MR) is 94.4 cm³/mol. The van der Waals surface area contributed by atoms with Gasteiger partial charge in [0, 0.05) is 17.3 Å². The number of nitrogens with one attached hydrogen (secondary N) is 2. The van der Waals surface area contributed by atoms with E-state index in [0.717, 1.165) is 5.56 Å². The maximum atomic E-state index is 12.4. The molecule has 2 N–H and O–H groups in total. The molecule has 0 atom stereocenters. The van der Waals surface area contributed by atoms with Gasteiger partial charge in [0.2, 0.25) is 0 Å². The summed E-state index contributed by atoms with van der Waals surface area (Å²) in [6.45, 7) is 1.02. The van der Waals surface area contributed by atoms with E-state index >= 15 is 0 Å². The van der Waals surface area contributed by atoms with Gasteiger partial charge in [-0.1, -0.05) is 29.8 Å². The lowest BCUT2D eigenvalue weighted by molar-refractivity contribution is 0.102. The van der Waals surface area contributed by atoms with Crippen molar-refractivity contribution in [2.24, 2.45) is 0 Å². The largest absolute Gasteiger partial charge is 0.486 e. The van der Waals surface area contributed by atoms with Gasteiger partial charge in [-0.3, -0.25) is 9.89 Å². The highest BCUT2D eigenvalue weighted by Gasteiger charge is 2.15. The summed E-state index contributed by atoms with van der Waals surface area (Å²) >= 11 is 6.16. The smallest absolute Gasteiger partial charge is 0.273 e. The normalized spacial score (nSPS) is 12.7. The van der Waals surface area contributed by atoms with Gasteiger partial charge in [-0.15, -0.1) is 0 Å². The lowest BCUT2D eigenvalue weighted by atomic mass is 10.1. The molecule has 7 heteroatoms. The minimum Gasteiger partial charge on any atom is -0.486 e. The molecule has 3 aromatic rings. The highest BCUT2D eigenvalue weighted by molar-refractivity contribution is 6.33. The number of ether oxygens (including phenoxy) is 2. The Labute approximate surface area is 148 Å². The van der Waals surface area contributed by atoms with Crippen LogP contribution in [0, 0.1) is 0 Å². The molecular formula is C18H14ClN3O3. The second-order valence-electron chi connectivity index (χ2n) is 5.46. The Balaban J connectivity index is 1.53. The first-order valence-electron chi connectivity index (χ1n) is 7.72. The summed E-state index contributed by atoms with van der Waals surface area (Å²) in [5.41, 5.74) is 2.32. The zero-order valence-corrected chi connectivity index (χ0v) is 13.8. The van der Waals surface area contributed by atoms with Crippen LogP contribution in [0.2, 0.25) is 5.02 Å². The molecule has 25 heavy (non-hydrogen) atoms. The van der Waals surface area contributed by atoms with Crippen molar-refractivity contribution in [2.75, 3.05) is 18.5 Å². The molecule has 126 valence electrons. The molecule has 1 amide bonds. The van der Waals surface area contributed by atoms with Crippen molar-refractivity contribution in [3.63, 3.8) is 0 Å². The highest BCUT2D eigenvalue weighted by atomic mass is 35.5. The Morgan fingerprint density at radius 1 is 1.08 bits per heavy atom. The number of aromatic nitrogens is 2. The second kappa shape index (κ2) is 6.49. The number of halogens is 1. The van der Waals surface area contributed by atoms with E-state index < -0.39 is 0 Å². The molecule has 0 unspecified atom stereocenters. The molecule has 0 saturated carbocycles. The third-order valence-corrected chi connectivity index (χ3v) is 4.10. The van der Waals surface area contributed by atoms with Gasteiger partial charge in [-0.2, -0.15) is 5.10 Å². The van der Waals surface area contributed by atoms with Crippen LogP contribution in [0.1, 0.15) is 10.5 Å². The molecule has 0 radical (unpaired) electrons. The van der Waals surface area contributed by atoms with Crippen molar-refractivity contribution in [3.8, 4) is 22.8 Å². The Morgan fingerprint density at radius 3 is 2.72 bits per heavy atom. The lowest BCUT2D eigenvalue weighted by Gasteiger charge is -2.18. The fourth-order valence-electron chi connectivity index (χ4n) is 2.56. The fraction of sp³-hybridized carbons (Fsp3) is 0.111. The standard InChI is InChI=1S/C18H14ClN3O3/c19-13-4-2-1-3-12(13)14-10-15(22-21-14)18(23)20-11-5-6-16-17(9-11)25-8-7-24-16/h1-6,9-10H,7-8H2,(H,20,23)(H,21,22). The summed E-state index contributed by atoms with van der Waals surface area (Å²) in [5.74, 6) is 0.986. The first-order valence-corrected chi connectivity index (χ1v) is 8.10. The second-order valence-corrected chi connectivity index (χ2v) is 5.87. The lowest BCUT2D eigenvalue weighted by Crippen LogP contribution is -2.16. The number of rotatable bonds is 3. The van der Waals surface area contributed by atoms with E-state index in [1.807, 2.05) is 18.2 Å². The molecule has 0 saturated heterocycles. The van der Waals surface area contributed by atoms with Crippen LogP contribution in [0.25, 0.3) is 11.3 Å². The van der Waals surface area contributed by atoms with Gasteiger partial charge in [-0.05, 0) is 24.3 Å². The summed E-state index contributed by atoms with van der Waals surface area (Å²) < 4.78 is 11.0. The van der Waals surface area contributed by atoms with E-state index in [9.17, 15) is 4.79 Å². The number of amides is 1. The molecule has 0 aliphatic carbocycles. The van der Waals surface area contributed by atoms with Crippen LogP contribution in [-0.2, 0) is 0 Å². The number of H-pyrrole nitrogens is 1. The summed E-state index contributed by atoms with van der Waals surface area (Å²) in [4.78, 5) is 12.4. The molecular weight excluding hydrogens is 342 g/mol. The molecule has 0 spiro atoms. The number of carbonyl (C=O) groups excluding carboxylic acids is 1. The molecule has 6 nitrogen and oxygen atoms in total. The molecule has 4 rings (SSSR count). The molecule has 2 heterocycles. The molecule has 1 aliphatic rings. The van der Waals surface area contributed by atoms with Crippen LogP contribution in [0.3, 0.4) is 0 Å². The minimum absolute atomic E-state index is 0.303. The monoisotopic (exact) mass is 355 g/mol. The van der Waals surface area contributed by atoms with Gasteiger partial charge in [0.25, 0.3) is 5.91 Å². The average molecular weight is 356 g/mol. The Hall–Kier alpha value is -2.99. The van der Waals surface area contributed by atoms with E-state index in [2.05, 4.69) is 15.5 Å². The molecule has 1 aromatic heterocycles.